The highest BCUT2D eigenvalue weighted by Gasteiger charge is 2.28. The molecule has 0 atom stereocenters. The lowest BCUT2D eigenvalue weighted by Crippen LogP contribution is -2.49. The van der Waals surface area contributed by atoms with Gasteiger partial charge >= 0.3 is 6.03 Å². The van der Waals surface area contributed by atoms with Crippen molar-refractivity contribution < 1.29 is 14.4 Å². The van der Waals surface area contributed by atoms with Crippen LogP contribution in [0, 0.1) is 13.8 Å². The number of anilines is 1. The zero-order chi connectivity index (χ0) is 20.3. The summed E-state index contributed by atoms with van der Waals surface area (Å²) in [6, 6.07) is 8.99. The summed E-state index contributed by atoms with van der Waals surface area (Å²) < 4.78 is 1.60. The molecule has 2 aromatic rings. The van der Waals surface area contributed by atoms with E-state index in [1.54, 1.807) is 30.5 Å². The Labute approximate surface area is 163 Å². The molecule has 3 rings (SSSR count). The van der Waals surface area contributed by atoms with Gasteiger partial charge in [0.15, 0.2) is 0 Å². The van der Waals surface area contributed by atoms with E-state index < -0.39 is 11.7 Å². The van der Waals surface area contributed by atoms with Crippen molar-refractivity contribution in [3.05, 3.63) is 47.3 Å². The lowest BCUT2D eigenvalue weighted by molar-refractivity contribution is -0.117. The van der Waals surface area contributed by atoms with E-state index in [0.29, 0.717) is 42.9 Å². The van der Waals surface area contributed by atoms with Gasteiger partial charge in [0.2, 0.25) is 0 Å². The molecule has 1 fully saturated rings. The van der Waals surface area contributed by atoms with Gasteiger partial charge in [-0.25, -0.2) is 4.79 Å². The van der Waals surface area contributed by atoms with E-state index in [2.05, 4.69) is 15.7 Å². The fourth-order valence-corrected chi connectivity index (χ4v) is 3.42. The van der Waals surface area contributed by atoms with Gasteiger partial charge in [0.05, 0.1) is 11.3 Å². The maximum Gasteiger partial charge on any atom is 0.321 e. The third-order valence-corrected chi connectivity index (χ3v) is 5.08. The third-order valence-electron chi connectivity index (χ3n) is 5.08. The molecule has 0 bridgehead atoms. The molecule has 8 heteroatoms. The molecule has 0 radical (unpaired) electrons. The van der Waals surface area contributed by atoms with Crippen LogP contribution in [-0.2, 0) is 11.8 Å². The first-order valence-corrected chi connectivity index (χ1v) is 9.33. The molecule has 28 heavy (non-hydrogen) atoms. The first kappa shape index (κ1) is 19.6. The SMILES string of the molecule is Cc1nn(C)c(C)c1C(=O)C(=O)NC1CCN(C(=O)Nc2ccccc2)CC1. The number of hydrogen-bond donors (Lipinski definition) is 2. The number of urea groups is 1. The second-order valence-electron chi connectivity index (χ2n) is 7.03. The van der Waals surface area contributed by atoms with Gasteiger partial charge in [-0.3, -0.25) is 14.3 Å². The molecule has 148 valence electrons. The predicted octanol–water partition coefficient (Wildman–Crippen LogP) is 2.03. The van der Waals surface area contributed by atoms with Crippen molar-refractivity contribution >= 4 is 23.4 Å². The number of rotatable bonds is 4. The van der Waals surface area contributed by atoms with Crippen LogP contribution in [0.1, 0.15) is 34.6 Å². The first-order chi connectivity index (χ1) is 13.4. The number of ketones is 1. The van der Waals surface area contributed by atoms with Gasteiger partial charge in [0.25, 0.3) is 11.7 Å². The maximum atomic E-state index is 12.5. The Balaban J connectivity index is 1.52. The largest absolute Gasteiger partial charge is 0.346 e. The molecule has 1 aromatic heterocycles. The minimum absolute atomic E-state index is 0.130. The first-order valence-electron chi connectivity index (χ1n) is 9.33. The zero-order valence-electron chi connectivity index (χ0n) is 16.4. The summed E-state index contributed by atoms with van der Waals surface area (Å²) in [5.41, 5.74) is 2.33. The molecular formula is C20H25N5O3. The quantitative estimate of drug-likeness (QED) is 0.624. The summed E-state index contributed by atoms with van der Waals surface area (Å²) in [6.07, 6.45) is 1.21. The number of aromatic nitrogens is 2. The Morgan fingerprint density at radius 1 is 1.07 bits per heavy atom. The number of likely N-dealkylation sites (tertiary alicyclic amines) is 1. The summed E-state index contributed by atoms with van der Waals surface area (Å²) in [7, 11) is 1.74. The summed E-state index contributed by atoms with van der Waals surface area (Å²) in [4.78, 5) is 38.9. The number of para-hydroxylation sites is 1. The van der Waals surface area contributed by atoms with Gasteiger partial charge in [-0.2, -0.15) is 5.10 Å². The van der Waals surface area contributed by atoms with Crippen molar-refractivity contribution in [2.75, 3.05) is 18.4 Å². The average molecular weight is 383 g/mol. The third kappa shape index (κ3) is 4.21. The van der Waals surface area contributed by atoms with Gasteiger partial charge < -0.3 is 15.5 Å². The molecule has 1 aliphatic heterocycles. The molecule has 8 nitrogen and oxygen atoms in total. The Morgan fingerprint density at radius 2 is 1.71 bits per heavy atom. The van der Waals surface area contributed by atoms with Gasteiger partial charge in [0.1, 0.15) is 0 Å². The number of nitrogens with one attached hydrogen (secondary N) is 2. The van der Waals surface area contributed by atoms with Crippen LogP contribution >= 0.6 is 0 Å². The number of Topliss-reactive ketones (excluding diaryl/α,β-unsaturated/α-hetero) is 1. The number of piperidine rings is 1. The van der Waals surface area contributed by atoms with Crippen molar-refractivity contribution in [1.29, 1.82) is 0 Å². The van der Waals surface area contributed by atoms with Gasteiger partial charge in [-0.05, 0) is 38.8 Å². The number of nitrogens with zero attached hydrogens (tertiary/aromatic N) is 3. The van der Waals surface area contributed by atoms with Crippen LogP contribution in [0.15, 0.2) is 30.3 Å². The molecule has 2 heterocycles. The van der Waals surface area contributed by atoms with Crippen LogP contribution < -0.4 is 10.6 Å². The second-order valence-corrected chi connectivity index (χ2v) is 7.03. The molecule has 0 saturated carbocycles. The molecule has 1 aliphatic rings. The summed E-state index contributed by atoms with van der Waals surface area (Å²) in [5, 5.41) is 9.85. The monoisotopic (exact) mass is 383 g/mol. The van der Waals surface area contributed by atoms with Crippen LogP contribution in [0.3, 0.4) is 0 Å². The minimum Gasteiger partial charge on any atom is -0.346 e. The Kier molecular flexibility index (Phi) is 5.77. The number of amides is 3. The number of hydrogen-bond acceptors (Lipinski definition) is 4. The van der Waals surface area contributed by atoms with Crippen LogP contribution in [0.2, 0.25) is 0 Å². The van der Waals surface area contributed by atoms with E-state index in [-0.39, 0.29) is 12.1 Å². The highest BCUT2D eigenvalue weighted by atomic mass is 16.2. The number of aryl methyl sites for hydroxylation is 2. The Bertz CT molecular complexity index is 883. The summed E-state index contributed by atoms with van der Waals surface area (Å²) in [6.45, 7) is 4.52. The van der Waals surface area contributed by atoms with E-state index in [0.717, 1.165) is 5.69 Å². The molecule has 2 N–H and O–H groups in total. The normalized spacial score (nSPS) is 14.6. The molecular weight excluding hydrogens is 358 g/mol. The van der Waals surface area contributed by atoms with Gasteiger partial charge in [-0.1, -0.05) is 18.2 Å². The molecule has 1 aromatic carbocycles. The molecule has 0 spiro atoms. The summed E-state index contributed by atoms with van der Waals surface area (Å²) >= 11 is 0. The van der Waals surface area contributed by atoms with E-state index in [4.69, 9.17) is 0 Å². The maximum absolute atomic E-state index is 12.5. The fraction of sp³-hybridized carbons (Fsp3) is 0.400. The topological polar surface area (TPSA) is 96.3 Å². The standard InChI is InChI=1S/C20H25N5O3/c1-13-17(14(2)24(3)23-13)18(26)19(27)21-16-9-11-25(12-10-16)20(28)22-15-7-5-4-6-8-15/h4-8,16H,9-12H2,1-3H3,(H,21,27)(H,22,28). The van der Waals surface area contributed by atoms with Crippen molar-refractivity contribution in [3.8, 4) is 0 Å². The van der Waals surface area contributed by atoms with E-state index in [1.165, 1.54) is 0 Å². The molecule has 0 unspecified atom stereocenters. The van der Waals surface area contributed by atoms with E-state index in [9.17, 15) is 14.4 Å². The second kappa shape index (κ2) is 8.24. The van der Waals surface area contributed by atoms with E-state index in [1.807, 2.05) is 30.3 Å². The van der Waals surface area contributed by atoms with Crippen LogP contribution in [0.25, 0.3) is 0 Å². The van der Waals surface area contributed by atoms with Crippen molar-refractivity contribution in [3.63, 3.8) is 0 Å². The predicted molar refractivity (Wildman–Crippen MR) is 105 cm³/mol. The Morgan fingerprint density at radius 3 is 2.29 bits per heavy atom. The molecule has 1 saturated heterocycles. The number of benzene rings is 1. The lowest BCUT2D eigenvalue weighted by Gasteiger charge is -2.32. The average Bonchev–Trinajstić information content (AvgIpc) is 2.94. The zero-order valence-corrected chi connectivity index (χ0v) is 16.4. The van der Waals surface area contributed by atoms with Crippen molar-refractivity contribution in [1.82, 2.24) is 20.0 Å². The minimum atomic E-state index is -0.619. The van der Waals surface area contributed by atoms with Crippen LogP contribution in [-0.4, -0.2) is 51.5 Å². The summed E-state index contributed by atoms with van der Waals surface area (Å²) in [5.74, 6) is -1.18. The van der Waals surface area contributed by atoms with Crippen molar-refractivity contribution in [2.24, 2.45) is 7.05 Å². The molecule has 3 amide bonds. The van der Waals surface area contributed by atoms with Crippen molar-refractivity contribution in [2.45, 2.75) is 32.7 Å². The number of carbonyl (C=O) groups excluding carboxylic acids is 3. The fourth-order valence-electron chi connectivity index (χ4n) is 3.42. The lowest BCUT2D eigenvalue weighted by atomic mass is 10.0. The van der Waals surface area contributed by atoms with Gasteiger partial charge in [-0.15, -0.1) is 0 Å². The van der Waals surface area contributed by atoms with Crippen LogP contribution in [0.5, 0.6) is 0 Å². The molecule has 0 aliphatic carbocycles. The smallest absolute Gasteiger partial charge is 0.321 e. The van der Waals surface area contributed by atoms with Crippen LogP contribution in [0.4, 0.5) is 10.5 Å². The van der Waals surface area contributed by atoms with Gasteiger partial charge in [0, 0.05) is 37.6 Å². The number of carbonyl (C=O) groups is 3. The Hall–Kier alpha value is -3.16. The highest BCUT2D eigenvalue weighted by Crippen LogP contribution is 2.15. The highest BCUT2D eigenvalue weighted by molar-refractivity contribution is 6.43. The van der Waals surface area contributed by atoms with E-state index >= 15 is 0 Å².